The second-order valence-electron chi connectivity index (χ2n) is 3.56. The lowest BCUT2D eigenvalue weighted by Crippen LogP contribution is -2.29. The molecule has 1 aromatic heterocycles. The van der Waals surface area contributed by atoms with E-state index in [1.807, 2.05) is 17.8 Å². The molecule has 0 unspecified atom stereocenters. The first-order chi connectivity index (χ1) is 6.27. The van der Waals surface area contributed by atoms with Gasteiger partial charge in [0.1, 0.15) is 0 Å². The fraction of sp³-hybridized carbons (Fsp3) is 0.667. The van der Waals surface area contributed by atoms with E-state index < -0.39 is 0 Å². The van der Waals surface area contributed by atoms with Crippen LogP contribution in [0.3, 0.4) is 0 Å². The van der Waals surface area contributed by atoms with E-state index in [1.54, 1.807) is 0 Å². The fourth-order valence-electron chi connectivity index (χ4n) is 1.72. The zero-order chi connectivity index (χ0) is 9.26. The lowest BCUT2D eigenvalue weighted by atomic mass is 10.1. The second-order valence-corrected chi connectivity index (χ2v) is 3.92. The Hall–Kier alpha value is -0.540. The predicted molar refractivity (Wildman–Crippen MR) is 53.1 cm³/mol. The van der Waals surface area contributed by atoms with Crippen LogP contribution in [0.1, 0.15) is 24.4 Å². The Morgan fingerprint density at radius 2 is 2.23 bits per heavy atom. The van der Waals surface area contributed by atoms with Crippen molar-refractivity contribution in [2.75, 3.05) is 13.1 Å². The average molecular weight is 200 g/mol. The van der Waals surface area contributed by atoms with Gasteiger partial charge in [0.25, 0.3) is 0 Å². The molecule has 0 radical (unpaired) electrons. The van der Waals surface area contributed by atoms with Crippen molar-refractivity contribution in [1.29, 1.82) is 0 Å². The molecule has 0 spiro atoms. The van der Waals surface area contributed by atoms with Crippen molar-refractivity contribution in [3.63, 3.8) is 0 Å². The summed E-state index contributed by atoms with van der Waals surface area (Å²) in [6.07, 6.45) is 4.34. The molecule has 1 aliphatic rings. The summed E-state index contributed by atoms with van der Waals surface area (Å²) in [5.74, 6) is 0. The Kier molecular flexibility index (Phi) is 2.56. The minimum atomic E-state index is 0.535. The Morgan fingerprint density at radius 1 is 1.54 bits per heavy atom. The van der Waals surface area contributed by atoms with Gasteiger partial charge in [0.05, 0.1) is 6.04 Å². The molecule has 72 valence electrons. The van der Waals surface area contributed by atoms with Crippen LogP contribution >= 0.6 is 11.6 Å². The maximum Gasteiger partial charge on any atom is 0.153 e. The Bertz CT molecular complexity index is 270. The quantitative estimate of drug-likeness (QED) is 0.747. The number of aromatic nitrogens is 2. The highest BCUT2D eigenvalue weighted by Crippen LogP contribution is 2.21. The van der Waals surface area contributed by atoms with Gasteiger partial charge in [-0.25, -0.2) is 0 Å². The Balaban J connectivity index is 2.14. The van der Waals surface area contributed by atoms with E-state index in [0.717, 1.165) is 31.5 Å². The summed E-state index contributed by atoms with van der Waals surface area (Å²) in [6, 6.07) is 0.535. The van der Waals surface area contributed by atoms with Gasteiger partial charge in [-0.15, -0.1) is 0 Å². The summed E-state index contributed by atoms with van der Waals surface area (Å²) in [5.41, 5.74) is 1.07. The van der Waals surface area contributed by atoms with Crippen LogP contribution < -0.4 is 5.32 Å². The molecule has 0 bridgehead atoms. The fourth-order valence-corrected chi connectivity index (χ4v) is 1.86. The molecule has 3 nitrogen and oxygen atoms in total. The molecule has 1 saturated heterocycles. The van der Waals surface area contributed by atoms with E-state index in [1.165, 1.54) is 0 Å². The van der Waals surface area contributed by atoms with Crippen molar-refractivity contribution in [2.45, 2.75) is 25.8 Å². The van der Waals surface area contributed by atoms with Gasteiger partial charge in [-0.1, -0.05) is 11.6 Å². The monoisotopic (exact) mass is 199 g/mol. The molecule has 1 aromatic rings. The van der Waals surface area contributed by atoms with Crippen LogP contribution in [0.25, 0.3) is 0 Å². The molecule has 1 fully saturated rings. The van der Waals surface area contributed by atoms with Gasteiger partial charge in [0.15, 0.2) is 5.15 Å². The van der Waals surface area contributed by atoms with Gasteiger partial charge < -0.3 is 5.32 Å². The van der Waals surface area contributed by atoms with E-state index in [-0.39, 0.29) is 0 Å². The van der Waals surface area contributed by atoms with Gasteiger partial charge in [0, 0.05) is 11.8 Å². The third-order valence-electron chi connectivity index (χ3n) is 2.54. The number of nitrogens with zero attached hydrogens (tertiary/aromatic N) is 2. The van der Waals surface area contributed by atoms with Crippen LogP contribution in [0.2, 0.25) is 5.15 Å². The third-order valence-corrected chi connectivity index (χ3v) is 2.91. The molecular formula is C9H14ClN3. The summed E-state index contributed by atoms with van der Waals surface area (Å²) in [6.45, 7) is 4.16. The zero-order valence-electron chi connectivity index (χ0n) is 7.76. The molecule has 4 heteroatoms. The number of aryl methyl sites for hydroxylation is 1. The molecule has 2 heterocycles. The highest BCUT2D eigenvalue weighted by Gasteiger charge is 2.16. The smallest absolute Gasteiger partial charge is 0.153 e. The number of halogens is 1. The molecule has 13 heavy (non-hydrogen) atoms. The van der Waals surface area contributed by atoms with Crippen LogP contribution in [0, 0.1) is 6.92 Å². The Morgan fingerprint density at radius 3 is 2.77 bits per heavy atom. The van der Waals surface area contributed by atoms with Crippen LogP contribution in [0.15, 0.2) is 6.20 Å². The summed E-state index contributed by atoms with van der Waals surface area (Å²) in [5, 5.41) is 8.26. The number of nitrogens with one attached hydrogen (secondary N) is 1. The van der Waals surface area contributed by atoms with Gasteiger partial charge in [-0.3, -0.25) is 4.68 Å². The van der Waals surface area contributed by atoms with Gasteiger partial charge in [-0.05, 0) is 32.9 Å². The van der Waals surface area contributed by atoms with E-state index in [9.17, 15) is 0 Å². The molecule has 0 atom stereocenters. The topological polar surface area (TPSA) is 29.9 Å². The number of piperidine rings is 1. The first-order valence-electron chi connectivity index (χ1n) is 4.69. The predicted octanol–water partition coefficient (Wildman–Crippen LogP) is 1.77. The van der Waals surface area contributed by atoms with Crippen LogP contribution in [-0.2, 0) is 0 Å². The van der Waals surface area contributed by atoms with E-state index >= 15 is 0 Å². The molecule has 2 rings (SSSR count). The maximum atomic E-state index is 5.90. The molecule has 0 saturated carbocycles. The molecule has 1 aliphatic heterocycles. The first-order valence-corrected chi connectivity index (χ1v) is 5.07. The largest absolute Gasteiger partial charge is 0.317 e. The highest BCUT2D eigenvalue weighted by molar-refractivity contribution is 6.30. The normalized spacial score (nSPS) is 19.2. The van der Waals surface area contributed by atoms with Crippen LogP contribution in [0.5, 0.6) is 0 Å². The molecule has 1 N–H and O–H groups in total. The number of hydrogen-bond acceptors (Lipinski definition) is 2. The number of hydrogen-bond donors (Lipinski definition) is 1. The van der Waals surface area contributed by atoms with Crippen molar-refractivity contribution in [3.05, 3.63) is 16.9 Å². The lowest BCUT2D eigenvalue weighted by molar-refractivity contribution is 0.343. The van der Waals surface area contributed by atoms with Crippen molar-refractivity contribution < 1.29 is 0 Å². The minimum Gasteiger partial charge on any atom is -0.317 e. The van der Waals surface area contributed by atoms with Crippen molar-refractivity contribution in [2.24, 2.45) is 0 Å². The molecular weight excluding hydrogens is 186 g/mol. The van der Waals surface area contributed by atoms with Gasteiger partial charge in [-0.2, -0.15) is 5.10 Å². The van der Waals surface area contributed by atoms with Gasteiger partial charge in [0.2, 0.25) is 0 Å². The van der Waals surface area contributed by atoms with Crippen molar-refractivity contribution in [3.8, 4) is 0 Å². The minimum absolute atomic E-state index is 0.535. The molecule has 0 aliphatic carbocycles. The van der Waals surface area contributed by atoms with E-state index in [2.05, 4.69) is 10.4 Å². The Labute approximate surface area is 83.1 Å². The number of rotatable bonds is 1. The maximum absolute atomic E-state index is 5.90. The van der Waals surface area contributed by atoms with Crippen molar-refractivity contribution in [1.82, 2.24) is 15.1 Å². The molecule has 0 aromatic carbocycles. The first kappa shape index (κ1) is 9.03. The summed E-state index contributed by atoms with van der Waals surface area (Å²) in [4.78, 5) is 0. The van der Waals surface area contributed by atoms with E-state index in [0.29, 0.717) is 11.2 Å². The van der Waals surface area contributed by atoms with Gasteiger partial charge >= 0.3 is 0 Å². The third kappa shape index (κ3) is 1.86. The average Bonchev–Trinajstić information content (AvgIpc) is 2.49. The summed E-state index contributed by atoms with van der Waals surface area (Å²) >= 11 is 5.90. The lowest BCUT2D eigenvalue weighted by Gasteiger charge is -2.22. The summed E-state index contributed by atoms with van der Waals surface area (Å²) < 4.78 is 2.01. The highest BCUT2D eigenvalue weighted by atomic mass is 35.5. The van der Waals surface area contributed by atoms with Crippen LogP contribution in [0.4, 0.5) is 0 Å². The SMILES string of the molecule is Cc1cn(C2CCNCC2)nc1Cl. The van der Waals surface area contributed by atoms with Crippen molar-refractivity contribution >= 4 is 11.6 Å². The zero-order valence-corrected chi connectivity index (χ0v) is 8.51. The van der Waals surface area contributed by atoms with Crippen LogP contribution in [-0.4, -0.2) is 22.9 Å². The van der Waals surface area contributed by atoms with E-state index in [4.69, 9.17) is 11.6 Å². The molecule has 0 amide bonds. The standard InChI is InChI=1S/C9H14ClN3/c1-7-6-13(12-9(7)10)8-2-4-11-5-3-8/h6,8,11H,2-5H2,1H3. The summed E-state index contributed by atoms with van der Waals surface area (Å²) in [7, 11) is 0. The second kappa shape index (κ2) is 3.68.